The molecule has 5 nitrogen and oxygen atoms in total. The molecule has 1 aliphatic rings. The second-order valence-corrected chi connectivity index (χ2v) is 4.65. The van der Waals surface area contributed by atoms with Crippen LogP contribution in [0.15, 0.2) is 0 Å². The summed E-state index contributed by atoms with van der Waals surface area (Å²) in [6.45, 7) is 5.44. The van der Waals surface area contributed by atoms with Gasteiger partial charge in [0.25, 0.3) is 0 Å². The lowest BCUT2D eigenvalue weighted by Crippen LogP contribution is -2.40. The van der Waals surface area contributed by atoms with Crippen LogP contribution in [0.4, 0.5) is 0 Å². The van der Waals surface area contributed by atoms with Gasteiger partial charge in [-0.25, -0.2) is 0 Å². The van der Waals surface area contributed by atoms with E-state index in [2.05, 4.69) is 16.8 Å². The molecule has 0 spiro atoms. The zero-order chi connectivity index (χ0) is 12.0. The summed E-state index contributed by atoms with van der Waals surface area (Å²) in [5, 5.41) is 0. The Morgan fingerprint density at radius 3 is 2.56 bits per heavy atom. The third-order valence-electron chi connectivity index (χ3n) is 3.18. The zero-order valence-corrected chi connectivity index (χ0v) is 10.2. The molecule has 0 aromatic heterocycles. The predicted octanol–water partition coefficient (Wildman–Crippen LogP) is -0.783. The summed E-state index contributed by atoms with van der Waals surface area (Å²) in [4.78, 5) is 15.4. The molecule has 1 amide bonds. The van der Waals surface area contributed by atoms with E-state index in [0.29, 0.717) is 6.42 Å². The zero-order valence-electron chi connectivity index (χ0n) is 10.2. The number of hydrogen-bond acceptors (Lipinski definition) is 4. The number of likely N-dealkylation sites (tertiary alicyclic amines) is 1. The third kappa shape index (κ3) is 4.92. The first-order valence-electron chi connectivity index (χ1n) is 6.05. The van der Waals surface area contributed by atoms with Crippen LogP contribution in [0.1, 0.15) is 19.3 Å². The number of primary amides is 1. The van der Waals surface area contributed by atoms with Gasteiger partial charge in [0.2, 0.25) is 5.91 Å². The van der Waals surface area contributed by atoms with Crippen molar-refractivity contribution in [2.24, 2.45) is 11.5 Å². The van der Waals surface area contributed by atoms with Crippen LogP contribution in [-0.4, -0.2) is 61.5 Å². The van der Waals surface area contributed by atoms with Crippen LogP contribution in [0.25, 0.3) is 0 Å². The van der Waals surface area contributed by atoms with Crippen LogP contribution in [0.2, 0.25) is 0 Å². The van der Waals surface area contributed by atoms with Crippen molar-refractivity contribution in [2.45, 2.75) is 25.3 Å². The molecule has 0 aliphatic carbocycles. The van der Waals surface area contributed by atoms with Crippen molar-refractivity contribution in [2.75, 3.05) is 39.8 Å². The first kappa shape index (κ1) is 13.4. The van der Waals surface area contributed by atoms with Gasteiger partial charge in [-0.1, -0.05) is 0 Å². The second kappa shape index (κ2) is 6.83. The van der Waals surface area contributed by atoms with E-state index in [1.165, 1.54) is 25.9 Å². The molecular weight excluding hydrogens is 204 g/mol. The molecule has 0 bridgehead atoms. The highest BCUT2D eigenvalue weighted by molar-refractivity contribution is 5.79. The summed E-state index contributed by atoms with van der Waals surface area (Å²) < 4.78 is 0. The van der Waals surface area contributed by atoms with Crippen molar-refractivity contribution < 1.29 is 4.79 Å². The second-order valence-electron chi connectivity index (χ2n) is 4.65. The molecule has 0 radical (unpaired) electrons. The Hall–Kier alpha value is -0.650. The monoisotopic (exact) mass is 228 g/mol. The van der Waals surface area contributed by atoms with Crippen molar-refractivity contribution in [1.29, 1.82) is 0 Å². The molecule has 5 heteroatoms. The number of hydrogen-bond donors (Lipinski definition) is 2. The van der Waals surface area contributed by atoms with Gasteiger partial charge in [-0.2, -0.15) is 0 Å². The summed E-state index contributed by atoms with van der Waals surface area (Å²) >= 11 is 0. The molecule has 94 valence electrons. The van der Waals surface area contributed by atoms with E-state index in [4.69, 9.17) is 11.5 Å². The topological polar surface area (TPSA) is 75.6 Å². The number of rotatable bonds is 7. The van der Waals surface area contributed by atoms with E-state index in [1.54, 1.807) is 0 Å². The van der Waals surface area contributed by atoms with Crippen molar-refractivity contribution in [3.05, 3.63) is 0 Å². The lowest BCUT2D eigenvalue weighted by atomic mass is 10.2. The van der Waals surface area contributed by atoms with E-state index in [9.17, 15) is 4.79 Å². The Labute approximate surface area is 97.7 Å². The minimum absolute atomic E-state index is 0.409. The van der Waals surface area contributed by atoms with Crippen LogP contribution >= 0.6 is 0 Å². The molecule has 1 unspecified atom stereocenters. The van der Waals surface area contributed by atoms with Crippen molar-refractivity contribution in [1.82, 2.24) is 9.80 Å². The minimum Gasteiger partial charge on any atom is -0.368 e. The van der Waals surface area contributed by atoms with Gasteiger partial charge in [-0.05, 0) is 45.9 Å². The summed E-state index contributed by atoms with van der Waals surface area (Å²) in [6, 6.07) is -0.505. The van der Waals surface area contributed by atoms with Crippen LogP contribution in [0.5, 0.6) is 0 Å². The van der Waals surface area contributed by atoms with E-state index in [-0.39, 0.29) is 0 Å². The Morgan fingerprint density at radius 2 is 2.00 bits per heavy atom. The molecule has 1 atom stereocenters. The van der Waals surface area contributed by atoms with Gasteiger partial charge < -0.3 is 21.3 Å². The molecule has 4 N–H and O–H groups in total. The molecule has 1 aliphatic heterocycles. The molecule has 1 fully saturated rings. The Bertz CT molecular complexity index is 216. The predicted molar refractivity (Wildman–Crippen MR) is 65.0 cm³/mol. The number of nitrogens with zero attached hydrogens (tertiary/aromatic N) is 2. The first-order chi connectivity index (χ1) is 7.59. The van der Waals surface area contributed by atoms with Gasteiger partial charge in [0.05, 0.1) is 6.04 Å². The third-order valence-corrected chi connectivity index (χ3v) is 3.18. The fourth-order valence-corrected chi connectivity index (χ4v) is 1.93. The molecule has 0 aromatic carbocycles. The standard InChI is InChI=1S/C11H24N4O/c1-14(7-4-10(12)11(13)16)8-9-15-5-2-3-6-15/h10H,2-9,12H2,1H3,(H2,13,16). The SMILES string of the molecule is CN(CCC(N)C(N)=O)CCN1CCCC1. The lowest BCUT2D eigenvalue weighted by Gasteiger charge is -2.21. The highest BCUT2D eigenvalue weighted by Crippen LogP contribution is 2.06. The molecular formula is C11H24N4O. The fourth-order valence-electron chi connectivity index (χ4n) is 1.93. The van der Waals surface area contributed by atoms with E-state index < -0.39 is 11.9 Å². The first-order valence-corrected chi connectivity index (χ1v) is 6.05. The number of amides is 1. The largest absolute Gasteiger partial charge is 0.368 e. The fraction of sp³-hybridized carbons (Fsp3) is 0.909. The van der Waals surface area contributed by atoms with Crippen LogP contribution in [-0.2, 0) is 4.79 Å². The Morgan fingerprint density at radius 1 is 1.38 bits per heavy atom. The molecule has 16 heavy (non-hydrogen) atoms. The normalized spacial score (nSPS) is 19.2. The highest BCUT2D eigenvalue weighted by atomic mass is 16.1. The maximum Gasteiger partial charge on any atom is 0.234 e. The lowest BCUT2D eigenvalue weighted by molar-refractivity contribution is -0.119. The van der Waals surface area contributed by atoms with E-state index in [1.807, 2.05) is 0 Å². The van der Waals surface area contributed by atoms with Crippen molar-refractivity contribution >= 4 is 5.91 Å². The van der Waals surface area contributed by atoms with Crippen LogP contribution in [0.3, 0.4) is 0 Å². The average molecular weight is 228 g/mol. The molecule has 0 saturated carbocycles. The van der Waals surface area contributed by atoms with Crippen molar-refractivity contribution in [3.8, 4) is 0 Å². The van der Waals surface area contributed by atoms with Gasteiger partial charge in [0.15, 0.2) is 0 Å². The van der Waals surface area contributed by atoms with Gasteiger partial charge in [-0.15, -0.1) is 0 Å². The van der Waals surface area contributed by atoms with E-state index >= 15 is 0 Å². The summed E-state index contributed by atoms with van der Waals surface area (Å²) in [5.41, 5.74) is 10.7. The summed E-state index contributed by atoms with van der Waals surface area (Å²) in [5.74, 6) is -0.409. The maximum atomic E-state index is 10.7. The number of carbonyl (C=O) groups is 1. The highest BCUT2D eigenvalue weighted by Gasteiger charge is 2.13. The van der Waals surface area contributed by atoms with Crippen LogP contribution < -0.4 is 11.5 Å². The van der Waals surface area contributed by atoms with E-state index in [0.717, 1.165) is 19.6 Å². The molecule has 1 saturated heterocycles. The quantitative estimate of drug-likeness (QED) is 0.599. The summed E-state index contributed by atoms with van der Waals surface area (Å²) in [6.07, 6.45) is 3.30. The van der Waals surface area contributed by atoms with Crippen LogP contribution in [0, 0.1) is 0 Å². The Balaban J connectivity index is 2.05. The maximum absolute atomic E-state index is 10.7. The van der Waals surface area contributed by atoms with Crippen molar-refractivity contribution in [3.63, 3.8) is 0 Å². The summed E-state index contributed by atoms with van der Waals surface area (Å²) in [7, 11) is 2.06. The van der Waals surface area contributed by atoms with Gasteiger partial charge in [0.1, 0.15) is 0 Å². The molecule has 0 aromatic rings. The van der Waals surface area contributed by atoms with Gasteiger partial charge >= 0.3 is 0 Å². The number of nitrogens with two attached hydrogens (primary N) is 2. The molecule has 1 heterocycles. The van der Waals surface area contributed by atoms with Gasteiger partial charge in [0, 0.05) is 13.1 Å². The smallest absolute Gasteiger partial charge is 0.234 e. The number of likely N-dealkylation sites (N-methyl/N-ethyl adjacent to an activating group) is 1. The minimum atomic E-state index is -0.505. The number of carbonyl (C=O) groups excluding carboxylic acids is 1. The molecule has 1 rings (SSSR count). The average Bonchev–Trinajstić information content (AvgIpc) is 2.75. The van der Waals surface area contributed by atoms with Gasteiger partial charge in [-0.3, -0.25) is 4.79 Å². The Kier molecular flexibility index (Phi) is 5.73.